The maximum Gasteiger partial charge on any atom is 0.327 e. The van der Waals surface area contributed by atoms with Crippen LogP contribution in [0.15, 0.2) is 12.1 Å². The average Bonchev–Trinajstić information content (AvgIpc) is 2.14. The fourth-order valence-corrected chi connectivity index (χ4v) is 1.35. The van der Waals surface area contributed by atoms with E-state index >= 15 is 0 Å². The van der Waals surface area contributed by atoms with Crippen LogP contribution in [-0.4, -0.2) is 26.4 Å². The van der Waals surface area contributed by atoms with Gasteiger partial charge in [-0.05, 0) is 31.4 Å². The summed E-state index contributed by atoms with van der Waals surface area (Å²) in [6, 6.07) is 3.74. The van der Waals surface area contributed by atoms with Crippen molar-refractivity contribution in [2.75, 3.05) is 13.9 Å². The van der Waals surface area contributed by atoms with Crippen molar-refractivity contribution in [2.45, 2.75) is 13.8 Å². The van der Waals surface area contributed by atoms with Crippen LogP contribution in [0.1, 0.15) is 11.1 Å². The van der Waals surface area contributed by atoms with Crippen LogP contribution in [-0.2, 0) is 4.74 Å². The summed E-state index contributed by atoms with van der Waals surface area (Å²) in [6.07, 6.45) is 0. The van der Waals surface area contributed by atoms with E-state index < -0.39 is 0 Å². The van der Waals surface area contributed by atoms with Crippen LogP contribution in [0.2, 0.25) is 0 Å². The summed E-state index contributed by atoms with van der Waals surface area (Å²) in [5, 5.41) is 8.98. The molecule has 0 unspecified atom stereocenters. The molecule has 0 heterocycles. The molecule has 0 saturated carbocycles. The van der Waals surface area contributed by atoms with Gasteiger partial charge in [-0.3, -0.25) is 0 Å². The summed E-state index contributed by atoms with van der Waals surface area (Å²) in [7, 11) is 2.69. The van der Waals surface area contributed by atoms with Gasteiger partial charge < -0.3 is 14.5 Å². The molecule has 1 aromatic rings. The molecule has 0 saturated heterocycles. The summed E-state index contributed by atoms with van der Waals surface area (Å²) >= 11 is 0. The van der Waals surface area contributed by atoms with Crippen LogP contribution < -0.4 is 10.2 Å². The summed E-state index contributed by atoms with van der Waals surface area (Å²) < 4.78 is 10.1. The molecule has 0 atom stereocenters. The number of aryl methyl sites for hydroxylation is 2. The lowest BCUT2D eigenvalue weighted by Crippen LogP contribution is -2.20. The van der Waals surface area contributed by atoms with Crippen molar-refractivity contribution in [3.63, 3.8) is 0 Å². The Hall–Kier alpha value is -0.995. The zero-order chi connectivity index (χ0) is 10.6. The lowest BCUT2D eigenvalue weighted by molar-refractivity contribution is 0.0511. The monoisotopic (exact) mass is 193 g/mol. The molecule has 1 aromatic carbocycles. The molecule has 0 fully saturated rings. The minimum Gasteiger partial charge on any atom is -0.468 e. The van der Waals surface area contributed by atoms with Crippen molar-refractivity contribution >= 4 is 12.9 Å². The van der Waals surface area contributed by atoms with Crippen molar-refractivity contribution in [1.82, 2.24) is 0 Å². The minimum absolute atomic E-state index is 0.237. The van der Waals surface area contributed by atoms with E-state index in [9.17, 15) is 0 Å². The molecule has 3 nitrogen and oxygen atoms in total. The zero-order valence-electron chi connectivity index (χ0n) is 8.70. The minimum atomic E-state index is 0.237. The van der Waals surface area contributed by atoms with Gasteiger partial charge in [0.05, 0.1) is 0 Å². The van der Waals surface area contributed by atoms with E-state index in [2.05, 4.69) is 0 Å². The number of rotatable bonds is 4. The van der Waals surface area contributed by atoms with E-state index in [4.69, 9.17) is 14.5 Å². The van der Waals surface area contributed by atoms with Gasteiger partial charge in [0.1, 0.15) is 5.75 Å². The third-order valence-electron chi connectivity index (χ3n) is 2.04. The molecule has 0 aromatic heterocycles. The molecule has 14 heavy (non-hydrogen) atoms. The third-order valence-corrected chi connectivity index (χ3v) is 2.04. The van der Waals surface area contributed by atoms with Gasteiger partial charge in [0.15, 0.2) is 6.79 Å². The Morgan fingerprint density at radius 1 is 1.29 bits per heavy atom. The maximum atomic E-state index is 8.98. The van der Waals surface area contributed by atoms with Crippen LogP contribution in [0.25, 0.3) is 0 Å². The lowest BCUT2D eigenvalue weighted by atomic mass is 9.81. The standard InChI is InChI=1S/C10H14BO3/c1-7-4-9(14-6-13-3)5-8(2)10(7)11-12/h4-5,12H,6H2,1-3H3. The van der Waals surface area contributed by atoms with Gasteiger partial charge in [-0.2, -0.15) is 0 Å². The zero-order valence-corrected chi connectivity index (χ0v) is 8.70. The summed E-state index contributed by atoms with van der Waals surface area (Å²) in [6.45, 7) is 4.09. The Morgan fingerprint density at radius 3 is 2.29 bits per heavy atom. The van der Waals surface area contributed by atoms with Crippen molar-refractivity contribution in [3.05, 3.63) is 23.3 Å². The van der Waals surface area contributed by atoms with Crippen LogP contribution in [0.4, 0.5) is 0 Å². The lowest BCUT2D eigenvalue weighted by Gasteiger charge is -2.10. The highest BCUT2D eigenvalue weighted by Crippen LogP contribution is 2.14. The van der Waals surface area contributed by atoms with Crippen molar-refractivity contribution < 1.29 is 14.5 Å². The quantitative estimate of drug-likeness (QED) is 0.559. The number of ether oxygens (including phenoxy) is 2. The highest BCUT2D eigenvalue weighted by atomic mass is 16.7. The van der Waals surface area contributed by atoms with Gasteiger partial charge in [0.25, 0.3) is 0 Å². The Bertz CT molecular complexity index is 289. The molecule has 0 bridgehead atoms. The largest absolute Gasteiger partial charge is 0.468 e. The first-order valence-electron chi connectivity index (χ1n) is 4.39. The first-order chi connectivity index (χ1) is 6.69. The van der Waals surface area contributed by atoms with E-state index in [0.29, 0.717) is 0 Å². The molecule has 0 aliphatic heterocycles. The molecule has 1 N–H and O–H groups in total. The van der Waals surface area contributed by atoms with Crippen LogP contribution in [0.5, 0.6) is 5.75 Å². The Kier molecular flexibility index (Phi) is 3.98. The van der Waals surface area contributed by atoms with Crippen LogP contribution in [0.3, 0.4) is 0 Å². The second-order valence-electron chi connectivity index (χ2n) is 3.15. The topological polar surface area (TPSA) is 38.7 Å². The van der Waals surface area contributed by atoms with Crippen molar-refractivity contribution in [2.24, 2.45) is 0 Å². The number of hydrogen-bond donors (Lipinski definition) is 1. The van der Waals surface area contributed by atoms with E-state index in [0.717, 1.165) is 29.8 Å². The van der Waals surface area contributed by atoms with Crippen molar-refractivity contribution in [3.8, 4) is 5.75 Å². The molecular weight excluding hydrogens is 179 g/mol. The average molecular weight is 193 g/mol. The fraction of sp³-hybridized carbons (Fsp3) is 0.400. The van der Waals surface area contributed by atoms with Gasteiger partial charge in [-0.15, -0.1) is 0 Å². The van der Waals surface area contributed by atoms with Crippen LogP contribution in [0, 0.1) is 13.8 Å². The molecular formula is C10H14BO3. The number of benzene rings is 1. The Labute approximate surface area is 84.9 Å². The molecule has 0 spiro atoms. The highest BCUT2D eigenvalue weighted by molar-refractivity contribution is 6.47. The number of methoxy groups -OCH3 is 1. The van der Waals surface area contributed by atoms with E-state index in [1.165, 1.54) is 0 Å². The molecule has 1 radical (unpaired) electrons. The summed E-state index contributed by atoms with van der Waals surface area (Å²) in [5.41, 5.74) is 2.81. The molecule has 75 valence electrons. The molecule has 4 heteroatoms. The maximum absolute atomic E-state index is 8.98. The first kappa shape index (κ1) is 11.1. The Balaban J connectivity index is 2.90. The molecule has 0 aliphatic carbocycles. The van der Waals surface area contributed by atoms with Crippen molar-refractivity contribution in [1.29, 1.82) is 0 Å². The predicted octanol–water partition coefficient (Wildman–Crippen LogP) is 0.523. The van der Waals surface area contributed by atoms with Gasteiger partial charge >= 0.3 is 7.48 Å². The summed E-state index contributed by atoms with van der Waals surface area (Å²) in [4.78, 5) is 0. The SMILES string of the molecule is COCOc1cc(C)c([B]O)c(C)c1. The predicted molar refractivity (Wildman–Crippen MR) is 56.0 cm³/mol. The third kappa shape index (κ3) is 2.50. The molecule has 0 aliphatic rings. The first-order valence-corrected chi connectivity index (χ1v) is 4.39. The van der Waals surface area contributed by atoms with Gasteiger partial charge in [0, 0.05) is 7.11 Å². The van der Waals surface area contributed by atoms with E-state index in [-0.39, 0.29) is 6.79 Å². The smallest absolute Gasteiger partial charge is 0.327 e. The van der Waals surface area contributed by atoms with E-state index in [1.54, 1.807) is 7.11 Å². The molecule has 1 rings (SSSR count). The van der Waals surface area contributed by atoms with Gasteiger partial charge in [0.2, 0.25) is 0 Å². The normalized spacial score (nSPS) is 10.0. The summed E-state index contributed by atoms with van der Waals surface area (Å²) in [5.74, 6) is 0.757. The van der Waals surface area contributed by atoms with Crippen LogP contribution >= 0.6 is 0 Å². The molecule has 0 amide bonds. The highest BCUT2D eigenvalue weighted by Gasteiger charge is 2.05. The second-order valence-corrected chi connectivity index (χ2v) is 3.15. The van der Waals surface area contributed by atoms with Gasteiger partial charge in [-0.25, -0.2) is 0 Å². The van der Waals surface area contributed by atoms with E-state index in [1.807, 2.05) is 26.0 Å². The van der Waals surface area contributed by atoms with Gasteiger partial charge in [-0.1, -0.05) is 11.1 Å². The second kappa shape index (κ2) is 5.03. The number of hydrogen-bond acceptors (Lipinski definition) is 3. The Morgan fingerprint density at radius 2 is 1.86 bits per heavy atom. The fourth-order valence-electron chi connectivity index (χ4n) is 1.35.